The molecular weight excluding hydrogens is 162 g/mol. The van der Waals surface area contributed by atoms with Gasteiger partial charge in [0.05, 0.1) is 0 Å². The van der Waals surface area contributed by atoms with Crippen LogP contribution in [0.2, 0.25) is 0 Å². The minimum atomic E-state index is 0. The summed E-state index contributed by atoms with van der Waals surface area (Å²) in [6.45, 7) is 1.94. The second kappa shape index (κ2) is 4.53. The van der Waals surface area contributed by atoms with E-state index in [1.165, 1.54) is 0 Å². The van der Waals surface area contributed by atoms with Gasteiger partial charge in [0.1, 0.15) is 5.69 Å². The number of para-hydroxylation sites is 1. The Morgan fingerprint density at radius 1 is 1.36 bits per heavy atom. The van der Waals surface area contributed by atoms with Crippen LogP contribution in [0.1, 0.15) is 5.56 Å². The molecule has 0 spiro atoms. The standard InChI is InChI=1S/C7H8N3.ClH/c1-6-4-2-3-5-7(6)9-10-8;/h2-5,9H,1H3;1H/q+1;. The van der Waals surface area contributed by atoms with E-state index in [1.807, 2.05) is 31.2 Å². The lowest BCUT2D eigenvalue weighted by molar-refractivity contribution is 1.36. The average Bonchev–Trinajstić information content (AvgIpc) is 1.94. The summed E-state index contributed by atoms with van der Waals surface area (Å²) in [6.07, 6.45) is 0. The number of hydrogen-bond donors (Lipinski definition) is 1. The highest BCUT2D eigenvalue weighted by molar-refractivity contribution is 5.85. The minimum absolute atomic E-state index is 0. The monoisotopic (exact) mass is 170 g/mol. The van der Waals surface area contributed by atoms with E-state index >= 15 is 0 Å². The van der Waals surface area contributed by atoms with Crippen molar-refractivity contribution >= 4 is 18.1 Å². The molecule has 1 aromatic carbocycles. The smallest absolute Gasteiger partial charge is 0.147 e. The van der Waals surface area contributed by atoms with E-state index in [0.29, 0.717) is 0 Å². The van der Waals surface area contributed by atoms with Gasteiger partial charge in [-0.15, -0.1) is 12.4 Å². The Bertz CT molecular complexity index is 267. The first-order chi connectivity index (χ1) is 4.84. The Morgan fingerprint density at radius 2 is 2.00 bits per heavy atom. The fourth-order valence-electron chi connectivity index (χ4n) is 0.752. The predicted octanol–water partition coefficient (Wildman–Crippen LogP) is 2.60. The van der Waals surface area contributed by atoms with Crippen LogP contribution in [0, 0.1) is 12.3 Å². The summed E-state index contributed by atoms with van der Waals surface area (Å²) in [7, 11) is 0. The van der Waals surface area contributed by atoms with Gasteiger partial charge in [-0.2, -0.15) is 0 Å². The highest BCUT2D eigenvalue weighted by Gasteiger charge is 1.98. The number of diazo groups is 1. The average molecular weight is 171 g/mol. The van der Waals surface area contributed by atoms with Gasteiger partial charge >= 0.3 is 5.08 Å². The number of nitrogens with one attached hydrogen (secondary N) is 1. The van der Waals surface area contributed by atoms with Crippen LogP contribution in [-0.2, 0) is 0 Å². The second-order valence-corrected chi connectivity index (χ2v) is 2.03. The largest absolute Gasteiger partial charge is 0.308 e. The molecule has 4 heteroatoms. The third kappa shape index (κ3) is 2.44. The van der Waals surface area contributed by atoms with E-state index in [1.54, 1.807) is 0 Å². The number of nitrogens with zero attached hydrogens (tertiary/aromatic N) is 2. The predicted molar refractivity (Wildman–Crippen MR) is 47.1 cm³/mol. The summed E-state index contributed by atoms with van der Waals surface area (Å²) in [5, 5.41) is 11.0. The van der Waals surface area contributed by atoms with Gasteiger partial charge in [0.2, 0.25) is 0 Å². The first-order valence-electron chi connectivity index (χ1n) is 3.00. The van der Waals surface area contributed by atoms with E-state index in [4.69, 9.17) is 5.39 Å². The summed E-state index contributed by atoms with van der Waals surface area (Å²) < 4.78 is 0. The third-order valence-corrected chi connectivity index (χ3v) is 1.32. The highest BCUT2D eigenvalue weighted by Crippen LogP contribution is 2.12. The molecule has 0 radical (unpaired) electrons. The highest BCUT2D eigenvalue weighted by atomic mass is 35.5. The Morgan fingerprint density at radius 3 is 2.55 bits per heavy atom. The Hall–Kier alpha value is -1.27. The molecular formula is C7H9ClN3+. The molecule has 0 unspecified atom stereocenters. The Kier molecular flexibility index (Phi) is 4.01. The lowest BCUT2D eigenvalue weighted by Gasteiger charge is -1.92. The molecule has 0 heterocycles. The van der Waals surface area contributed by atoms with Crippen molar-refractivity contribution in [3.05, 3.63) is 34.9 Å². The van der Waals surface area contributed by atoms with Crippen LogP contribution in [0.4, 0.5) is 5.69 Å². The number of benzene rings is 1. The van der Waals surface area contributed by atoms with Gasteiger partial charge in [-0.3, -0.25) is 0 Å². The molecule has 0 atom stereocenters. The first kappa shape index (κ1) is 9.73. The van der Waals surface area contributed by atoms with Gasteiger partial charge in [0.15, 0.2) is 0 Å². The van der Waals surface area contributed by atoms with Crippen LogP contribution in [0.3, 0.4) is 0 Å². The first-order valence-corrected chi connectivity index (χ1v) is 3.00. The molecule has 1 rings (SSSR count). The fourth-order valence-corrected chi connectivity index (χ4v) is 0.752. The van der Waals surface area contributed by atoms with E-state index in [-0.39, 0.29) is 12.4 Å². The fraction of sp³-hybridized carbons (Fsp3) is 0.143. The molecule has 0 bridgehead atoms. The zero-order chi connectivity index (χ0) is 7.40. The normalized spacial score (nSPS) is 7.64. The lowest BCUT2D eigenvalue weighted by atomic mass is 10.2. The summed E-state index contributed by atoms with van der Waals surface area (Å²) in [6, 6.07) is 7.58. The maximum absolute atomic E-state index is 8.16. The quantitative estimate of drug-likeness (QED) is 0.520. The zero-order valence-corrected chi connectivity index (χ0v) is 6.93. The molecule has 1 N–H and O–H groups in total. The summed E-state index contributed by atoms with van der Waals surface area (Å²) in [4.78, 5) is 0. The molecule has 0 aliphatic heterocycles. The number of aryl methyl sites for hydroxylation is 1. The van der Waals surface area contributed by atoms with E-state index in [2.05, 4.69) is 10.5 Å². The molecule has 1 aromatic rings. The number of hydrogen-bond acceptors (Lipinski definition) is 2. The number of halogens is 1. The molecule has 0 fully saturated rings. The van der Waals surface area contributed by atoms with Gasteiger partial charge in [0, 0.05) is 0 Å². The van der Waals surface area contributed by atoms with Gasteiger partial charge in [-0.1, -0.05) is 18.2 Å². The van der Waals surface area contributed by atoms with Crippen molar-refractivity contribution in [2.24, 2.45) is 0 Å². The Balaban J connectivity index is 0.000001000. The zero-order valence-electron chi connectivity index (χ0n) is 6.11. The van der Waals surface area contributed by atoms with Crippen molar-refractivity contribution < 1.29 is 0 Å². The van der Waals surface area contributed by atoms with E-state index in [9.17, 15) is 0 Å². The molecule has 11 heavy (non-hydrogen) atoms. The van der Waals surface area contributed by atoms with Gasteiger partial charge in [0.25, 0.3) is 5.39 Å². The van der Waals surface area contributed by atoms with Gasteiger partial charge in [-0.25, -0.2) is 0 Å². The lowest BCUT2D eigenvalue weighted by Crippen LogP contribution is -1.85. The molecule has 0 saturated heterocycles. The van der Waals surface area contributed by atoms with Crippen LogP contribution >= 0.6 is 12.4 Å². The van der Waals surface area contributed by atoms with Crippen LogP contribution in [0.25, 0.3) is 5.08 Å². The number of anilines is 1. The maximum Gasteiger partial charge on any atom is 0.308 e. The van der Waals surface area contributed by atoms with Crippen molar-refractivity contribution in [3.63, 3.8) is 0 Å². The molecule has 0 aromatic heterocycles. The molecule has 0 amide bonds. The topological polar surface area (TPSA) is 40.2 Å². The van der Waals surface area contributed by atoms with Crippen LogP contribution in [0.15, 0.2) is 24.3 Å². The van der Waals surface area contributed by atoms with E-state index in [0.717, 1.165) is 11.3 Å². The van der Waals surface area contributed by atoms with Crippen molar-refractivity contribution in [2.45, 2.75) is 6.92 Å². The van der Waals surface area contributed by atoms with E-state index < -0.39 is 0 Å². The van der Waals surface area contributed by atoms with Crippen LogP contribution in [-0.4, -0.2) is 0 Å². The Labute approximate surface area is 71.4 Å². The van der Waals surface area contributed by atoms with Crippen molar-refractivity contribution in [1.29, 1.82) is 5.39 Å². The second-order valence-electron chi connectivity index (χ2n) is 2.03. The molecule has 58 valence electrons. The minimum Gasteiger partial charge on any atom is -0.147 e. The maximum atomic E-state index is 8.16. The summed E-state index contributed by atoms with van der Waals surface area (Å²) >= 11 is 0. The van der Waals surface area contributed by atoms with Crippen molar-refractivity contribution in [1.82, 2.24) is 0 Å². The molecule has 0 aliphatic carbocycles. The summed E-state index contributed by atoms with van der Waals surface area (Å²) in [5.74, 6) is 0. The molecule has 0 aliphatic rings. The van der Waals surface area contributed by atoms with Gasteiger partial charge < -0.3 is 0 Å². The summed E-state index contributed by atoms with van der Waals surface area (Å²) in [5.41, 5.74) is 4.34. The third-order valence-electron chi connectivity index (χ3n) is 1.32. The van der Waals surface area contributed by atoms with Crippen LogP contribution < -0.4 is 5.43 Å². The number of rotatable bonds is 1. The SMILES string of the molecule is Cc1ccccc1N[N+]#N.Cl. The van der Waals surface area contributed by atoms with Gasteiger partial charge in [-0.05, 0) is 24.0 Å². The van der Waals surface area contributed by atoms with Crippen molar-refractivity contribution in [2.75, 3.05) is 5.43 Å². The molecule has 3 nitrogen and oxygen atoms in total. The van der Waals surface area contributed by atoms with Crippen LogP contribution in [0.5, 0.6) is 0 Å². The van der Waals surface area contributed by atoms with Crippen molar-refractivity contribution in [3.8, 4) is 0 Å². The molecule has 0 saturated carbocycles.